The van der Waals surface area contributed by atoms with E-state index in [0.717, 1.165) is 70.6 Å². The summed E-state index contributed by atoms with van der Waals surface area (Å²) in [6.45, 7) is 4.19. The van der Waals surface area contributed by atoms with E-state index >= 15 is 0 Å². The van der Waals surface area contributed by atoms with Gasteiger partial charge in [-0.2, -0.15) is 0 Å². The number of rotatable bonds is 48. The first-order valence-electron chi connectivity index (χ1n) is 27.0. The maximum Gasteiger partial charge on any atom is 0.220 e. The van der Waals surface area contributed by atoms with Crippen LogP contribution in [0.5, 0.6) is 0 Å². The molecule has 0 heterocycles. The van der Waals surface area contributed by atoms with Gasteiger partial charge in [0.15, 0.2) is 0 Å². The summed E-state index contributed by atoms with van der Waals surface area (Å²) in [6, 6.07) is -0.652. The van der Waals surface area contributed by atoms with E-state index < -0.39 is 12.1 Å². The van der Waals surface area contributed by atoms with Crippen molar-refractivity contribution < 1.29 is 15.0 Å². The first-order valence-corrected chi connectivity index (χ1v) is 27.0. The highest BCUT2D eigenvalue weighted by Gasteiger charge is 2.17. The molecule has 2 atom stereocenters. The first-order chi connectivity index (χ1) is 31.2. The van der Waals surface area contributed by atoms with Crippen molar-refractivity contribution in [1.82, 2.24) is 5.32 Å². The van der Waals surface area contributed by atoms with Crippen LogP contribution in [0, 0.1) is 0 Å². The van der Waals surface area contributed by atoms with E-state index in [1.165, 1.54) is 161 Å². The molecule has 0 radical (unpaired) electrons. The zero-order valence-corrected chi connectivity index (χ0v) is 41.6. The average molecular weight is 874 g/mol. The van der Waals surface area contributed by atoms with Gasteiger partial charge < -0.3 is 15.5 Å². The molecule has 0 saturated heterocycles. The Hall–Kier alpha value is -2.69. The number of aliphatic hydroxyl groups is 2. The fourth-order valence-corrected chi connectivity index (χ4v) is 7.71. The Morgan fingerprint density at radius 3 is 1.11 bits per heavy atom. The normalized spacial score (nSPS) is 13.7. The molecule has 4 nitrogen and oxygen atoms in total. The molecule has 0 aliphatic rings. The van der Waals surface area contributed by atoms with Crippen LogP contribution in [0.2, 0.25) is 0 Å². The second-order valence-corrected chi connectivity index (χ2v) is 17.9. The van der Waals surface area contributed by atoms with Crippen LogP contribution in [-0.4, -0.2) is 34.9 Å². The predicted octanol–water partition coefficient (Wildman–Crippen LogP) is 17.7. The number of carbonyl (C=O) groups is 1. The van der Waals surface area contributed by atoms with E-state index in [1.807, 2.05) is 6.08 Å². The zero-order valence-electron chi connectivity index (χ0n) is 41.6. The fraction of sp³-hybridized carbons (Fsp3) is 0.712. The Morgan fingerprint density at radius 1 is 0.397 bits per heavy atom. The Kier molecular flexibility index (Phi) is 51.4. The van der Waals surface area contributed by atoms with Gasteiger partial charge in [-0.3, -0.25) is 4.79 Å². The second kappa shape index (κ2) is 53.6. The minimum atomic E-state index is -0.877. The van der Waals surface area contributed by atoms with Crippen molar-refractivity contribution in [1.29, 1.82) is 0 Å². The highest BCUT2D eigenvalue weighted by molar-refractivity contribution is 5.76. The van der Waals surface area contributed by atoms with Crippen LogP contribution >= 0.6 is 0 Å². The van der Waals surface area contributed by atoms with Gasteiger partial charge in [0.2, 0.25) is 5.91 Å². The van der Waals surface area contributed by atoms with E-state index in [1.54, 1.807) is 6.08 Å². The molecule has 0 saturated carbocycles. The van der Waals surface area contributed by atoms with Gasteiger partial charge in [-0.15, -0.1) is 0 Å². The summed E-state index contributed by atoms with van der Waals surface area (Å²) in [5, 5.41) is 23.1. The van der Waals surface area contributed by atoms with Gasteiger partial charge in [0, 0.05) is 6.42 Å². The molecule has 63 heavy (non-hydrogen) atoms. The lowest BCUT2D eigenvalue weighted by molar-refractivity contribution is -0.123. The quantitative estimate of drug-likeness (QED) is 0.0421. The lowest BCUT2D eigenvalue weighted by Gasteiger charge is -2.19. The maximum atomic E-state index is 12.5. The van der Waals surface area contributed by atoms with Gasteiger partial charge in [-0.05, 0) is 89.9 Å². The molecule has 3 N–H and O–H groups in total. The second-order valence-electron chi connectivity index (χ2n) is 17.9. The summed E-state index contributed by atoms with van der Waals surface area (Å²) in [7, 11) is 0. The molecule has 0 aliphatic heterocycles. The van der Waals surface area contributed by atoms with Crippen LogP contribution in [0.1, 0.15) is 251 Å². The molecule has 362 valence electrons. The molecule has 0 bridgehead atoms. The van der Waals surface area contributed by atoms with E-state index in [2.05, 4.69) is 104 Å². The Bertz CT molecular complexity index is 1170. The Morgan fingerprint density at radius 2 is 0.714 bits per heavy atom. The highest BCUT2D eigenvalue weighted by atomic mass is 16.3. The van der Waals surface area contributed by atoms with E-state index in [-0.39, 0.29) is 12.5 Å². The lowest BCUT2D eigenvalue weighted by atomic mass is 10.0. The molecule has 0 aliphatic carbocycles. The van der Waals surface area contributed by atoms with Crippen LogP contribution in [0.25, 0.3) is 0 Å². The number of carbonyl (C=O) groups excluding carboxylic acids is 1. The number of amides is 1. The number of aliphatic hydroxyl groups excluding tert-OH is 2. The van der Waals surface area contributed by atoms with Crippen molar-refractivity contribution in [2.75, 3.05) is 6.61 Å². The predicted molar refractivity (Wildman–Crippen MR) is 280 cm³/mol. The number of allylic oxidation sites excluding steroid dienone is 15. The molecule has 4 heteroatoms. The monoisotopic (exact) mass is 874 g/mol. The largest absolute Gasteiger partial charge is 0.394 e. The minimum absolute atomic E-state index is 0.0817. The molecular weight excluding hydrogens is 771 g/mol. The third kappa shape index (κ3) is 50.2. The summed E-state index contributed by atoms with van der Waals surface area (Å²) in [6.07, 6.45) is 79.8. The van der Waals surface area contributed by atoms with Crippen molar-refractivity contribution in [2.45, 2.75) is 264 Å². The van der Waals surface area contributed by atoms with Crippen molar-refractivity contribution in [3.63, 3.8) is 0 Å². The van der Waals surface area contributed by atoms with Gasteiger partial charge in [0.1, 0.15) is 0 Å². The Labute approximate surface area is 392 Å². The lowest BCUT2D eigenvalue weighted by Crippen LogP contribution is -2.45. The summed E-state index contributed by atoms with van der Waals surface area (Å²) in [5.41, 5.74) is 0. The zero-order chi connectivity index (χ0) is 45.6. The van der Waals surface area contributed by atoms with Gasteiger partial charge in [-0.25, -0.2) is 0 Å². The van der Waals surface area contributed by atoms with Crippen LogP contribution in [0.15, 0.2) is 97.2 Å². The van der Waals surface area contributed by atoms with Crippen molar-refractivity contribution >= 4 is 5.91 Å². The topological polar surface area (TPSA) is 69.6 Å². The standard InChI is InChI=1S/C59H103NO3/c1-3-5-7-9-11-13-15-17-19-21-23-25-27-28-29-30-31-32-33-35-37-39-41-43-45-47-49-51-53-55-59(63)60-57(56-61)58(62)54-52-50-48-46-44-42-40-38-36-34-26-24-22-20-18-16-14-12-10-8-6-4-2/h5,7,11,13,17,19,23,25,28-29,36,38,44,46,52,54,57-58,61-62H,3-4,6,8-10,12,14-16,18,20-22,24,26-27,30-35,37,39-43,45,47-51,53,55-56H2,1-2H3,(H,60,63)/b7-5-,13-11-,19-17-,25-23-,29-28-,38-36+,46-44+,54-52+. The number of nitrogens with one attached hydrogen (secondary N) is 1. The fourth-order valence-electron chi connectivity index (χ4n) is 7.71. The minimum Gasteiger partial charge on any atom is -0.394 e. The number of hydrogen-bond acceptors (Lipinski definition) is 3. The van der Waals surface area contributed by atoms with Crippen LogP contribution in [-0.2, 0) is 4.79 Å². The van der Waals surface area contributed by atoms with Gasteiger partial charge in [0.05, 0.1) is 18.8 Å². The molecular formula is C59H103NO3. The highest BCUT2D eigenvalue weighted by Crippen LogP contribution is 2.15. The van der Waals surface area contributed by atoms with Gasteiger partial charge in [0.25, 0.3) is 0 Å². The third-order valence-electron chi connectivity index (χ3n) is 11.8. The van der Waals surface area contributed by atoms with E-state index in [9.17, 15) is 15.0 Å². The third-order valence-corrected chi connectivity index (χ3v) is 11.8. The molecule has 2 unspecified atom stereocenters. The van der Waals surface area contributed by atoms with Crippen molar-refractivity contribution in [3.05, 3.63) is 97.2 Å². The summed E-state index contributed by atoms with van der Waals surface area (Å²) in [4.78, 5) is 12.5. The molecule has 0 fully saturated rings. The summed E-state index contributed by atoms with van der Waals surface area (Å²) >= 11 is 0. The van der Waals surface area contributed by atoms with E-state index in [4.69, 9.17) is 0 Å². The van der Waals surface area contributed by atoms with Gasteiger partial charge in [-0.1, -0.05) is 252 Å². The van der Waals surface area contributed by atoms with Crippen LogP contribution < -0.4 is 5.32 Å². The molecule has 0 aromatic carbocycles. The van der Waals surface area contributed by atoms with Gasteiger partial charge >= 0.3 is 0 Å². The molecule has 0 spiro atoms. The Balaban J connectivity index is 3.60. The molecule has 0 aromatic rings. The van der Waals surface area contributed by atoms with Crippen molar-refractivity contribution in [2.24, 2.45) is 0 Å². The van der Waals surface area contributed by atoms with Crippen LogP contribution in [0.4, 0.5) is 0 Å². The SMILES string of the molecule is CC/C=C\C/C=C\C/C=C\C/C=C\C/C=C\CCCCCCCCCCCCCCCC(=O)NC(CO)C(O)/C=C/CC/C=C/CC/C=C/CCCCCCCCCCCCCC. The first kappa shape index (κ1) is 60.3. The summed E-state index contributed by atoms with van der Waals surface area (Å²) < 4.78 is 0. The average Bonchev–Trinajstić information content (AvgIpc) is 3.29. The smallest absolute Gasteiger partial charge is 0.220 e. The van der Waals surface area contributed by atoms with Crippen molar-refractivity contribution in [3.8, 4) is 0 Å². The number of hydrogen-bond donors (Lipinski definition) is 3. The van der Waals surface area contributed by atoms with E-state index in [0.29, 0.717) is 6.42 Å². The molecule has 1 amide bonds. The summed E-state index contributed by atoms with van der Waals surface area (Å²) in [5.74, 6) is -0.0817. The number of unbranched alkanes of at least 4 members (excludes halogenated alkanes) is 27. The molecule has 0 rings (SSSR count). The van der Waals surface area contributed by atoms with Crippen LogP contribution in [0.3, 0.4) is 0 Å². The molecule has 0 aromatic heterocycles. The maximum absolute atomic E-state index is 12.5.